The molecule has 33 heavy (non-hydrogen) atoms. The number of nitrogen functional groups attached to an aromatic ring is 1. The maximum atomic E-state index is 13.3. The third-order valence-electron chi connectivity index (χ3n) is 4.83. The predicted octanol–water partition coefficient (Wildman–Crippen LogP) is 1.42. The number of hydrogen-bond acceptors (Lipinski definition) is 8. The van der Waals surface area contributed by atoms with Crippen LogP contribution in [0.1, 0.15) is 25.3 Å². The molecule has 0 aliphatic carbocycles. The number of aromatic nitrogens is 6. The van der Waals surface area contributed by atoms with Crippen LogP contribution in [0.5, 0.6) is 0 Å². The van der Waals surface area contributed by atoms with Crippen LogP contribution in [-0.4, -0.2) is 41.4 Å². The lowest BCUT2D eigenvalue weighted by molar-refractivity contribution is -0.116. The second kappa shape index (κ2) is 11.3. The van der Waals surface area contributed by atoms with Crippen molar-refractivity contribution in [3.05, 3.63) is 69.4 Å². The van der Waals surface area contributed by atoms with E-state index in [2.05, 4.69) is 27.1 Å². The SMILES string of the molecule is C=CCn1nnnc1SCC(=O)N(Cc1ccccc1)c1c(N)n(CCCC)c(=O)[nH]c1=O. The van der Waals surface area contributed by atoms with Crippen molar-refractivity contribution in [2.24, 2.45) is 0 Å². The molecule has 0 saturated carbocycles. The summed E-state index contributed by atoms with van der Waals surface area (Å²) >= 11 is 1.13. The standard InChI is InChI=1S/C21H26N8O3S/c1-3-5-12-27-18(22)17(19(31)23-20(27)32)28(13-15-9-7-6-8-10-15)16(30)14-33-21-24-25-26-29(21)11-4-2/h4,6-10H,2-3,5,11-14,22H2,1H3,(H,23,31,32). The van der Waals surface area contributed by atoms with Crippen molar-refractivity contribution in [2.45, 2.75) is 44.6 Å². The largest absolute Gasteiger partial charge is 0.383 e. The highest BCUT2D eigenvalue weighted by atomic mass is 32.2. The number of rotatable bonds is 11. The zero-order valence-electron chi connectivity index (χ0n) is 18.3. The molecule has 3 aromatic rings. The van der Waals surface area contributed by atoms with E-state index in [4.69, 9.17) is 5.73 Å². The Morgan fingerprint density at radius 2 is 2.06 bits per heavy atom. The number of unbranched alkanes of at least 4 members (excludes halogenated alkanes) is 1. The van der Waals surface area contributed by atoms with Gasteiger partial charge >= 0.3 is 5.69 Å². The van der Waals surface area contributed by atoms with Gasteiger partial charge in [-0.25, -0.2) is 9.48 Å². The number of hydrogen-bond donors (Lipinski definition) is 2. The second-order valence-electron chi connectivity index (χ2n) is 7.18. The normalized spacial score (nSPS) is 10.8. The van der Waals surface area contributed by atoms with Gasteiger partial charge < -0.3 is 5.73 Å². The van der Waals surface area contributed by atoms with Crippen molar-refractivity contribution in [3.8, 4) is 0 Å². The average molecular weight is 471 g/mol. The van der Waals surface area contributed by atoms with Gasteiger partial charge in [0.2, 0.25) is 11.1 Å². The monoisotopic (exact) mass is 470 g/mol. The summed E-state index contributed by atoms with van der Waals surface area (Å²) in [6.07, 6.45) is 3.18. The first-order chi connectivity index (χ1) is 16.0. The predicted molar refractivity (Wildman–Crippen MR) is 127 cm³/mol. The van der Waals surface area contributed by atoms with Gasteiger partial charge in [-0.2, -0.15) is 0 Å². The summed E-state index contributed by atoms with van der Waals surface area (Å²) in [4.78, 5) is 42.1. The van der Waals surface area contributed by atoms with Gasteiger partial charge in [0.25, 0.3) is 5.56 Å². The van der Waals surface area contributed by atoms with E-state index in [9.17, 15) is 14.4 Å². The van der Waals surface area contributed by atoms with E-state index in [1.807, 2.05) is 37.3 Å². The Balaban J connectivity index is 1.97. The molecule has 12 heteroatoms. The van der Waals surface area contributed by atoms with Crippen molar-refractivity contribution in [1.82, 2.24) is 29.8 Å². The second-order valence-corrected chi connectivity index (χ2v) is 8.13. The molecular weight excluding hydrogens is 444 g/mol. The molecule has 3 rings (SSSR count). The number of H-pyrrole nitrogens is 1. The number of benzene rings is 1. The van der Waals surface area contributed by atoms with E-state index in [1.54, 1.807) is 6.08 Å². The molecule has 1 aromatic carbocycles. The maximum absolute atomic E-state index is 13.3. The van der Waals surface area contributed by atoms with Gasteiger partial charge in [-0.15, -0.1) is 11.7 Å². The molecule has 2 heterocycles. The fourth-order valence-electron chi connectivity index (χ4n) is 3.18. The van der Waals surface area contributed by atoms with Gasteiger partial charge in [-0.05, 0) is 22.4 Å². The molecule has 0 spiro atoms. The van der Waals surface area contributed by atoms with E-state index in [0.29, 0.717) is 24.7 Å². The summed E-state index contributed by atoms with van der Waals surface area (Å²) in [5, 5.41) is 11.9. The summed E-state index contributed by atoms with van der Waals surface area (Å²) in [5.74, 6) is -0.463. The van der Waals surface area contributed by atoms with Crippen LogP contribution in [0.2, 0.25) is 0 Å². The van der Waals surface area contributed by atoms with Crippen LogP contribution >= 0.6 is 11.8 Å². The van der Waals surface area contributed by atoms with Crippen molar-refractivity contribution < 1.29 is 4.79 Å². The smallest absolute Gasteiger partial charge is 0.330 e. The fraction of sp³-hybridized carbons (Fsp3) is 0.333. The average Bonchev–Trinajstić information content (AvgIpc) is 3.24. The number of tetrazole rings is 1. The highest BCUT2D eigenvalue weighted by Crippen LogP contribution is 2.23. The van der Waals surface area contributed by atoms with Gasteiger partial charge in [0.05, 0.1) is 18.8 Å². The first-order valence-electron chi connectivity index (χ1n) is 10.4. The molecule has 0 aliphatic heterocycles. The Labute approximate surface area is 194 Å². The van der Waals surface area contributed by atoms with E-state index in [0.717, 1.165) is 23.7 Å². The topological polar surface area (TPSA) is 145 Å². The lowest BCUT2D eigenvalue weighted by Gasteiger charge is -2.24. The number of nitrogens with zero attached hydrogens (tertiary/aromatic N) is 6. The van der Waals surface area contributed by atoms with Crippen LogP contribution in [0.25, 0.3) is 0 Å². The Morgan fingerprint density at radius 1 is 1.30 bits per heavy atom. The summed E-state index contributed by atoms with van der Waals surface area (Å²) in [6, 6.07) is 9.22. The Hall–Kier alpha value is -3.67. The molecule has 1 amide bonds. The van der Waals surface area contributed by atoms with Crippen molar-refractivity contribution in [3.63, 3.8) is 0 Å². The minimum atomic E-state index is -0.712. The van der Waals surface area contributed by atoms with E-state index < -0.39 is 11.2 Å². The summed E-state index contributed by atoms with van der Waals surface area (Å²) in [5.41, 5.74) is 5.71. The Bertz CT molecular complexity index is 1220. The van der Waals surface area contributed by atoms with Crippen molar-refractivity contribution in [1.29, 1.82) is 0 Å². The van der Waals surface area contributed by atoms with Gasteiger partial charge in [-0.3, -0.25) is 24.0 Å². The van der Waals surface area contributed by atoms with Crippen LogP contribution in [0.15, 0.2) is 57.7 Å². The third-order valence-corrected chi connectivity index (χ3v) is 5.77. The van der Waals surface area contributed by atoms with E-state index in [-0.39, 0.29) is 29.7 Å². The number of carbonyl (C=O) groups is 1. The molecule has 3 N–H and O–H groups in total. The summed E-state index contributed by atoms with van der Waals surface area (Å²) < 4.78 is 2.81. The van der Waals surface area contributed by atoms with Crippen LogP contribution in [0, 0.1) is 0 Å². The quantitative estimate of drug-likeness (QED) is 0.316. The summed E-state index contributed by atoms with van der Waals surface area (Å²) in [7, 11) is 0. The third kappa shape index (κ3) is 5.77. The number of allylic oxidation sites excluding steroid dienone is 1. The number of thioether (sulfide) groups is 1. The molecule has 0 bridgehead atoms. The molecule has 2 aromatic heterocycles. The van der Waals surface area contributed by atoms with Crippen LogP contribution in [0.4, 0.5) is 11.5 Å². The number of anilines is 2. The highest BCUT2D eigenvalue weighted by Gasteiger charge is 2.25. The number of carbonyl (C=O) groups excluding carboxylic acids is 1. The Morgan fingerprint density at radius 3 is 2.76 bits per heavy atom. The highest BCUT2D eigenvalue weighted by molar-refractivity contribution is 7.99. The molecule has 174 valence electrons. The van der Waals surface area contributed by atoms with Crippen LogP contribution in [0.3, 0.4) is 0 Å². The fourth-order valence-corrected chi connectivity index (χ4v) is 3.94. The maximum Gasteiger partial charge on any atom is 0.330 e. The lowest BCUT2D eigenvalue weighted by atomic mass is 10.2. The molecule has 0 fully saturated rings. The van der Waals surface area contributed by atoms with Gasteiger partial charge in [0, 0.05) is 6.54 Å². The first-order valence-corrected chi connectivity index (χ1v) is 11.4. The molecule has 11 nitrogen and oxygen atoms in total. The molecule has 0 aliphatic rings. The lowest BCUT2D eigenvalue weighted by Crippen LogP contribution is -2.41. The molecule has 0 unspecified atom stereocenters. The zero-order valence-corrected chi connectivity index (χ0v) is 19.1. The Kier molecular flexibility index (Phi) is 8.19. The zero-order chi connectivity index (χ0) is 23.8. The molecule has 0 atom stereocenters. The van der Waals surface area contributed by atoms with E-state index >= 15 is 0 Å². The number of nitrogens with two attached hydrogens (primary N) is 1. The van der Waals surface area contributed by atoms with Crippen LogP contribution in [-0.2, 0) is 24.4 Å². The number of amides is 1. The van der Waals surface area contributed by atoms with Crippen molar-refractivity contribution in [2.75, 3.05) is 16.4 Å². The van der Waals surface area contributed by atoms with Gasteiger partial charge in [0.15, 0.2) is 5.69 Å². The molecular formula is C21H26N8O3S. The summed E-state index contributed by atoms with van der Waals surface area (Å²) in [6.45, 7) is 6.48. The number of nitrogens with one attached hydrogen (secondary N) is 1. The van der Waals surface area contributed by atoms with Gasteiger partial charge in [0.1, 0.15) is 5.82 Å². The minimum Gasteiger partial charge on any atom is -0.383 e. The van der Waals surface area contributed by atoms with Crippen molar-refractivity contribution >= 4 is 29.2 Å². The number of aromatic amines is 1. The molecule has 0 radical (unpaired) electrons. The minimum absolute atomic E-state index is 0.0389. The van der Waals surface area contributed by atoms with Crippen LogP contribution < -0.4 is 21.9 Å². The molecule has 0 saturated heterocycles. The van der Waals surface area contributed by atoms with E-state index in [1.165, 1.54) is 14.1 Å². The first kappa shape index (κ1) is 24.0. The van der Waals surface area contributed by atoms with Gasteiger partial charge in [-0.1, -0.05) is 61.5 Å².